The summed E-state index contributed by atoms with van der Waals surface area (Å²) in [7, 11) is -9.12. The largest absolute Gasteiger partial charge is 0.492 e. The molecule has 5 N–H and O–H groups in total. The van der Waals surface area contributed by atoms with Gasteiger partial charge >= 0.3 is 33.2 Å². The number of rotatable bonds is 11. The molecule has 2 aromatic heterocycles. The molecule has 5 rings (SSSR count). The molecule has 1 aromatic carbocycles. The van der Waals surface area contributed by atoms with Crippen molar-refractivity contribution in [1.29, 1.82) is 0 Å². The Morgan fingerprint density at radius 2 is 1.66 bits per heavy atom. The van der Waals surface area contributed by atoms with Gasteiger partial charge in [0, 0.05) is 55.7 Å². The molecule has 1 saturated carbocycles. The number of methoxy groups -OCH3 is 1. The van der Waals surface area contributed by atoms with E-state index in [1.807, 2.05) is 32.0 Å². The third kappa shape index (κ3) is 10.2. The Morgan fingerprint density at radius 3 is 2.15 bits per heavy atom. The maximum absolute atomic E-state index is 15.6. The number of carbonyl (C=O) groups excluding carboxylic acids is 2. The highest BCUT2D eigenvalue weighted by atomic mass is 31.2. The second-order valence-corrected chi connectivity index (χ2v) is 16.6. The molecule has 1 saturated heterocycles. The molecule has 1 unspecified atom stereocenters. The number of hydrogen-bond donors (Lipinski definition) is 5. The van der Waals surface area contributed by atoms with Crippen molar-refractivity contribution in [3.63, 3.8) is 0 Å². The number of nitrogens with zero attached hydrogens (tertiary/aromatic N) is 4. The quantitative estimate of drug-likeness (QED) is 0.106. The maximum Gasteiger partial charge on any atom is 0.413 e. The number of piperazine rings is 1. The van der Waals surface area contributed by atoms with Crippen LogP contribution in [0.1, 0.15) is 60.4 Å². The van der Waals surface area contributed by atoms with Gasteiger partial charge in [0.1, 0.15) is 11.3 Å². The summed E-state index contributed by atoms with van der Waals surface area (Å²) in [5, 5.41) is 7.00. The molecule has 0 spiro atoms. The molecule has 1 amide bonds. The van der Waals surface area contributed by atoms with Crippen LogP contribution in [0.15, 0.2) is 35.3 Å². The van der Waals surface area contributed by atoms with Crippen molar-refractivity contribution < 1.29 is 66.8 Å². The predicted molar refractivity (Wildman–Crippen MR) is 187 cm³/mol. The van der Waals surface area contributed by atoms with Gasteiger partial charge in [0.2, 0.25) is 12.2 Å². The lowest BCUT2D eigenvalue weighted by molar-refractivity contribution is -0.152. The second-order valence-electron chi connectivity index (χ2n) is 12.6. The summed E-state index contributed by atoms with van der Waals surface area (Å²) >= 11 is 0. The summed E-state index contributed by atoms with van der Waals surface area (Å²) in [6.45, 7) is 4.94. The van der Waals surface area contributed by atoms with Crippen molar-refractivity contribution in [2.24, 2.45) is 0 Å². The van der Waals surface area contributed by atoms with Crippen LogP contribution in [0.3, 0.4) is 0 Å². The lowest BCUT2D eigenvalue weighted by Gasteiger charge is -2.40. The number of aryl methyl sites for hydroxylation is 2. The van der Waals surface area contributed by atoms with Gasteiger partial charge in [0.05, 0.1) is 18.0 Å². The first-order valence-electron chi connectivity index (χ1n) is 16.3. The first-order chi connectivity index (χ1) is 24.7. The van der Waals surface area contributed by atoms with Crippen LogP contribution in [0, 0.1) is 19.7 Å². The molecule has 2 fully saturated rings. The maximum atomic E-state index is 15.6. The molecule has 0 bridgehead atoms. The number of esters is 1. The van der Waals surface area contributed by atoms with Gasteiger partial charge in [-0.05, 0) is 58.2 Å². The number of aromatic carboxylic acids is 1. The summed E-state index contributed by atoms with van der Waals surface area (Å²) < 4.78 is 55.2. The highest BCUT2D eigenvalue weighted by molar-refractivity contribution is 7.70. The van der Waals surface area contributed by atoms with Crippen LogP contribution in [-0.2, 0) is 23.4 Å². The molecule has 3 heterocycles. The zero-order valence-electron chi connectivity index (χ0n) is 29.2. The van der Waals surface area contributed by atoms with Crippen molar-refractivity contribution in [2.45, 2.75) is 63.9 Å². The normalized spacial score (nSPS) is 16.2. The van der Waals surface area contributed by atoms with E-state index < -0.39 is 81.1 Å². The van der Waals surface area contributed by atoms with Crippen LogP contribution >= 0.6 is 15.2 Å². The molecule has 18 nitrogen and oxygen atoms in total. The van der Waals surface area contributed by atoms with E-state index in [1.165, 1.54) is 18.2 Å². The number of carboxylic acids is 1. The second kappa shape index (κ2) is 16.7. The first-order valence-corrected chi connectivity index (χ1v) is 19.6. The highest BCUT2D eigenvalue weighted by Crippen LogP contribution is 2.61. The number of amides is 1. The van der Waals surface area contributed by atoms with Crippen LogP contribution in [-0.4, -0.2) is 102 Å². The number of benzene rings is 1. The van der Waals surface area contributed by atoms with Gasteiger partial charge in [-0.25, -0.2) is 14.0 Å². The standard InChI is InChI=1S/C25H32FN3O14P2.C7H9N/c1-13-10-27(7-8-28(13)25(34)43-12-42-18(30)5-6-19(44(35,36)37)45(38,39)40)21-17(26)9-15-20(23(21)41-2)29(14-3-4-14)11-16(22(15)31)24(32)33;1-6-4-3-5-7(2)8-6/h9,11,13-14,19H,3-8,10,12H2,1-2H3,(H,32,33)(H2,35,36,37)(H2,38,39,40);3-5H,1-2H3. The van der Waals surface area contributed by atoms with E-state index in [-0.39, 0.29) is 48.0 Å². The lowest BCUT2D eigenvalue weighted by Crippen LogP contribution is -2.54. The molecular weight excluding hydrogens is 745 g/mol. The van der Waals surface area contributed by atoms with Crippen LogP contribution in [0.25, 0.3) is 10.9 Å². The minimum absolute atomic E-state index is 0.0220. The number of fused-ring (bicyclic) bond motifs is 1. The number of halogens is 1. The Bertz CT molecular complexity index is 1990. The molecule has 3 aromatic rings. The molecule has 21 heteroatoms. The van der Waals surface area contributed by atoms with E-state index in [2.05, 4.69) is 4.98 Å². The van der Waals surface area contributed by atoms with Gasteiger partial charge in [-0.3, -0.25) is 23.7 Å². The minimum atomic E-state index is -5.22. The number of pyridine rings is 2. The fourth-order valence-corrected chi connectivity index (χ4v) is 8.41. The third-order valence-corrected chi connectivity index (χ3v) is 12.4. The molecule has 2 aliphatic rings. The lowest BCUT2D eigenvalue weighted by atomic mass is 10.1. The zero-order chi connectivity index (χ0) is 39.4. The van der Waals surface area contributed by atoms with Gasteiger partial charge in [0.25, 0.3) is 0 Å². The van der Waals surface area contributed by atoms with Crippen molar-refractivity contribution in [2.75, 3.05) is 38.4 Å². The fourth-order valence-electron chi connectivity index (χ4n) is 5.92. The Morgan fingerprint density at radius 1 is 1.04 bits per heavy atom. The fraction of sp³-hybridized carbons (Fsp3) is 0.469. The van der Waals surface area contributed by atoms with Crippen LogP contribution < -0.4 is 15.1 Å². The molecule has 53 heavy (non-hydrogen) atoms. The molecule has 1 atom stereocenters. The minimum Gasteiger partial charge on any atom is -0.492 e. The average molecular weight is 787 g/mol. The van der Waals surface area contributed by atoms with Crippen LogP contribution in [0.2, 0.25) is 0 Å². The summed E-state index contributed by atoms with van der Waals surface area (Å²) in [5.41, 5.74) is 1.13. The van der Waals surface area contributed by atoms with Crippen LogP contribution in [0.5, 0.6) is 5.75 Å². The third-order valence-electron chi connectivity index (χ3n) is 8.56. The number of carbonyl (C=O) groups is 3. The van der Waals surface area contributed by atoms with Gasteiger partial charge in [-0.1, -0.05) is 6.07 Å². The van der Waals surface area contributed by atoms with E-state index in [1.54, 1.807) is 16.4 Å². The number of ether oxygens (including phenoxy) is 3. The van der Waals surface area contributed by atoms with Gasteiger partial charge in [-0.2, -0.15) is 0 Å². The van der Waals surface area contributed by atoms with E-state index in [0.29, 0.717) is 0 Å². The molecule has 0 radical (unpaired) electrons. The summed E-state index contributed by atoms with van der Waals surface area (Å²) in [6, 6.07) is 6.32. The zero-order valence-corrected chi connectivity index (χ0v) is 31.0. The Balaban J connectivity index is 0.000000692. The highest BCUT2D eigenvalue weighted by Gasteiger charge is 2.43. The number of aromatic nitrogens is 2. The van der Waals surface area contributed by atoms with Crippen LogP contribution in [0.4, 0.5) is 14.9 Å². The summed E-state index contributed by atoms with van der Waals surface area (Å²) in [4.78, 5) is 92.8. The Kier molecular flexibility index (Phi) is 13.1. The van der Waals surface area contributed by atoms with Crippen molar-refractivity contribution in [1.82, 2.24) is 14.5 Å². The number of anilines is 1. The Labute approximate surface area is 302 Å². The number of hydrogen-bond acceptors (Lipinski definition) is 11. The van der Waals surface area contributed by atoms with Gasteiger partial charge < -0.3 is 53.3 Å². The first kappa shape index (κ1) is 41.4. The summed E-state index contributed by atoms with van der Waals surface area (Å²) in [5.74, 6) is -3.33. The van der Waals surface area contributed by atoms with E-state index >= 15 is 4.39 Å². The van der Waals surface area contributed by atoms with Crippen molar-refractivity contribution in [3.05, 3.63) is 63.5 Å². The SMILES string of the molecule is COc1c(N2CCN(C(=O)OCOC(=O)CCC(P(=O)(O)O)P(=O)(O)O)C(C)C2)c(F)cc2c(=O)c(C(=O)O)cn(C3CC3)c12.Cc1cccc(C)n1. The van der Waals surface area contributed by atoms with Crippen molar-refractivity contribution in [3.8, 4) is 5.75 Å². The van der Waals surface area contributed by atoms with E-state index in [9.17, 15) is 33.4 Å². The Hall–Kier alpha value is -4.38. The van der Waals surface area contributed by atoms with Crippen molar-refractivity contribution >= 4 is 49.8 Å². The molecule has 1 aliphatic heterocycles. The van der Waals surface area contributed by atoms with E-state index in [0.717, 1.165) is 30.3 Å². The van der Waals surface area contributed by atoms with Gasteiger partial charge in [-0.15, -0.1) is 0 Å². The summed E-state index contributed by atoms with van der Waals surface area (Å²) in [6.07, 6.45) is 0.188. The molecule has 1 aliphatic carbocycles. The smallest absolute Gasteiger partial charge is 0.413 e. The molecular formula is C32H41FN4O14P2. The van der Waals surface area contributed by atoms with E-state index in [4.69, 9.17) is 33.8 Å². The van der Waals surface area contributed by atoms with Gasteiger partial charge in [0.15, 0.2) is 17.0 Å². The number of carboxylic acid groups (broad SMARTS) is 1. The monoisotopic (exact) mass is 786 g/mol. The molecule has 290 valence electrons. The topological polar surface area (TPSA) is 256 Å². The predicted octanol–water partition coefficient (Wildman–Crippen LogP) is 3.49. The average Bonchev–Trinajstić information content (AvgIpc) is 3.89.